The first-order chi connectivity index (χ1) is 1.00. The molecule has 0 saturated carbocycles. The summed E-state index contributed by atoms with van der Waals surface area (Å²) in [6.07, 6.45) is 0. The van der Waals surface area contributed by atoms with Gasteiger partial charge >= 0.3 is 57.3 Å². The topological polar surface area (TPSA) is 0 Å². The van der Waals surface area contributed by atoms with E-state index in [1.165, 1.54) is 0 Å². The summed E-state index contributed by atoms with van der Waals surface area (Å²) in [4.78, 5) is 0. The van der Waals surface area contributed by atoms with E-state index >= 15 is 0 Å². The van der Waals surface area contributed by atoms with Crippen LogP contribution in [0.2, 0.25) is 0 Å². The van der Waals surface area contributed by atoms with Crippen molar-refractivity contribution in [1.29, 1.82) is 0 Å². The molecular weight excluding hydrogens is 362 g/mol. The molecule has 0 spiro atoms. The molecule has 0 aliphatic heterocycles. The summed E-state index contributed by atoms with van der Waals surface area (Å²) in [5.74, 6) is 0. The van der Waals surface area contributed by atoms with Crippen LogP contribution in [0.1, 0.15) is 0 Å². The van der Waals surface area contributed by atoms with Crippen LogP contribution in [0.25, 0.3) is 0 Å². The van der Waals surface area contributed by atoms with Crippen LogP contribution in [0.5, 0.6) is 0 Å². The number of halogens is 1. The number of hydrogen-bond acceptors (Lipinski definition) is 0. The van der Waals surface area contributed by atoms with E-state index in [2.05, 4.69) is 27.7 Å². The summed E-state index contributed by atoms with van der Waals surface area (Å²) in [5.41, 5.74) is 0. The fourth-order valence-corrected chi connectivity index (χ4v) is 0. The molecule has 30 valence electrons. The van der Waals surface area contributed by atoms with Crippen molar-refractivity contribution < 1.29 is 40.6 Å². The Morgan fingerprint density at radius 3 is 1.25 bits per heavy atom. The van der Waals surface area contributed by atoms with Crippen LogP contribution in [0.3, 0.4) is 0 Å². The zero-order valence-electron chi connectivity index (χ0n) is 0.996. The van der Waals surface area contributed by atoms with Crippen molar-refractivity contribution in [2.45, 2.75) is 0 Å². The third kappa shape index (κ3) is 8.83. The molecule has 0 saturated heterocycles. The van der Waals surface area contributed by atoms with Gasteiger partial charge in [-0.05, 0) is 0 Å². The summed E-state index contributed by atoms with van der Waals surface area (Å²) in [6, 6.07) is 0. The Balaban J connectivity index is -0.00000000500. The summed E-state index contributed by atoms with van der Waals surface area (Å²) in [7, 11) is 4.49. The molecule has 0 atom stereocenters. The van der Waals surface area contributed by atoms with Crippen molar-refractivity contribution in [2.75, 3.05) is 0 Å². The maximum absolute atomic E-state index is 4.49. The minimum absolute atomic E-state index is 0. The predicted octanol–water partition coefficient (Wildman–Crippen LogP) is 0.0360. The first kappa shape index (κ1) is 15.9. The van der Waals surface area contributed by atoms with Crippen LogP contribution < -0.4 is 0 Å². The van der Waals surface area contributed by atoms with E-state index in [4.69, 9.17) is 0 Å². The van der Waals surface area contributed by atoms with Gasteiger partial charge in [-0.1, -0.05) is 0 Å². The van der Waals surface area contributed by atoms with E-state index in [1.54, 1.807) is 0 Å². The minimum atomic E-state index is 0. The van der Waals surface area contributed by atoms with Crippen LogP contribution in [-0.2, 0) is 40.6 Å². The Labute approximate surface area is 78.2 Å². The van der Waals surface area contributed by atoms with Gasteiger partial charge < -0.3 is 0 Å². The van der Waals surface area contributed by atoms with E-state index < -0.39 is 0 Å². The molecule has 0 aromatic heterocycles. The number of rotatable bonds is 0. The Kier molecular flexibility index (Phi) is 68.8. The zero-order valence-corrected chi connectivity index (χ0v) is 5.47. The summed E-state index contributed by atoms with van der Waals surface area (Å²) >= 11 is 2.22. The third-order valence-corrected chi connectivity index (χ3v) is 0. The Morgan fingerprint density at radius 1 is 1.25 bits per heavy atom. The maximum atomic E-state index is 4.49. The van der Waals surface area contributed by atoms with Gasteiger partial charge in [-0.25, -0.2) is 0 Å². The Morgan fingerprint density at radius 2 is 1.25 bits per heavy atom. The van der Waals surface area contributed by atoms with Crippen LogP contribution in [0.4, 0.5) is 0 Å². The molecule has 4 heteroatoms. The van der Waals surface area contributed by atoms with Gasteiger partial charge in [0.25, 0.3) is 0 Å². The van der Waals surface area contributed by atoms with E-state index in [0.717, 1.165) is 0 Å². The molecule has 0 aromatic carbocycles. The molecule has 0 aliphatic carbocycles. The molecule has 1 radical (unpaired) electrons. The number of hydrogen-bond donors (Lipinski definition) is 0. The van der Waals surface area contributed by atoms with Crippen molar-refractivity contribution in [3.63, 3.8) is 0 Å². The zero-order chi connectivity index (χ0) is 2.00. The molecule has 0 bridgehead atoms. The summed E-state index contributed by atoms with van der Waals surface area (Å²) < 4.78 is 0. The molecule has 0 unspecified atom stereocenters. The Bertz CT molecular complexity index is 8.00. The molecule has 4 heavy (non-hydrogen) atoms. The second kappa shape index (κ2) is 17.3. The molecule has 0 heterocycles. The van der Waals surface area contributed by atoms with Gasteiger partial charge in [0.15, 0.2) is 0 Å². The van der Waals surface area contributed by atoms with Gasteiger partial charge in [0.2, 0.25) is 0 Å². The van der Waals surface area contributed by atoms with Crippen LogP contribution in [-0.4, -0.2) is 29.6 Å². The fraction of sp³-hybridized carbons (Fsp3) is 0. The first-order valence-electron chi connectivity index (χ1n) is 0.120. The van der Waals surface area contributed by atoms with Gasteiger partial charge in [-0.3, -0.25) is 0 Å². The third-order valence-electron chi connectivity index (χ3n) is 0. The van der Waals surface area contributed by atoms with Gasteiger partial charge in [0.05, 0.1) is 0 Å². The molecule has 0 fully saturated rings. The quantitative estimate of drug-likeness (QED) is 0.534. The van der Waals surface area contributed by atoms with E-state index in [0.29, 0.717) is 0 Å². The standard InChI is InChI=1S/Au.ClH.Na.Pd.H/h;1H;;;/q;;;+1;/p-1. The van der Waals surface area contributed by atoms with Crippen molar-refractivity contribution in [1.82, 2.24) is 0 Å². The second-order valence-electron chi connectivity index (χ2n) is 0. The first-order valence-corrected chi connectivity index (χ1v) is 2.12. The normalized spacial score (nSPS) is 1.75. The van der Waals surface area contributed by atoms with Crippen molar-refractivity contribution in [2.24, 2.45) is 0 Å². The molecule has 0 nitrogen and oxygen atoms in total. The van der Waals surface area contributed by atoms with Crippen molar-refractivity contribution in [3.05, 3.63) is 0 Å². The monoisotopic (exact) mass is 362 g/mol. The van der Waals surface area contributed by atoms with E-state index in [-0.39, 0.29) is 51.9 Å². The summed E-state index contributed by atoms with van der Waals surface area (Å²) in [5, 5.41) is 0. The molecule has 0 aromatic rings. The van der Waals surface area contributed by atoms with Gasteiger partial charge in [-0.15, -0.1) is 0 Å². The van der Waals surface area contributed by atoms with E-state index in [1.807, 2.05) is 0 Å². The van der Waals surface area contributed by atoms with Crippen LogP contribution in [0, 0.1) is 0 Å². The molecule has 0 aliphatic rings. The average Bonchev–Trinajstić information content (AvgIpc) is 1.00. The molecule has 0 amide bonds. The van der Waals surface area contributed by atoms with Gasteiger partial charge in [-0.2, -0.15) is 0 Å². The van der Waals surface area contributed by atoms with Crippen molar-refractivity contribution in [3.8, 4) is 0 Å². The van der Waals surface area contributed by atoms with Crippen LogP contribution >= 0.6 is 9.53 Å². The molecular formula is HAuClNaPd. The fourth-order valence-electron chi connectivity index (χ4n) is 0. The van der Waals surface area contributed by atoms with Gasteiger partial charge in [0.1, 0.15) is 0 Å². The average molecular weight is 363 g/mol. The molecule has 0 N–H and O–H groups in total. The predicted molar refractivity (Wildman–Crippen MR) is 13.0 cm³/mol. The van der Waals surface area contributed by atoms with Crippen molar-refractivity contribution >= 4 is 39.1 Å². The van der Waals surface area contributed by atoms with Gasteiger partial charge in [0, 0.05) is 22.4 Å². The molecule has 0 rings (SSSR count). The summed E-state index contributed by atoms with van der Waals surface area (Å²) in [6.45, 7) is 0. The SMILES string of the molecule is [Au].[Cl][Pd].[NaH]. The Hall–Kier alpha value is 2.69. The second-order valence-corrected chi connectivity index (χ2v) is 0. The van der Waals surface area contributed by atoms with Crippen LogP contribution in [0.15, 0.2) is 0 Å². The van der Waals surface area contributed by atoms with E-state index in [9.17, 15) is 0 Å².